The second-order valence-corrected chi connectivity index (χ2v) is 14.9. The molecule has 2 aliphatic rings. The number of fused-ring (bicyclic) bond motifs is 2. The van der Waals surface area contributed by atoms with Crippen LogP contribution in [0.3, 0.4) is 0 Å². The maximum absolute atomic E-state index is 13.4. The Bertz CT molecular complexity index is 2350. The standard InChI is InChI=1S/C38H41F3N8O5/c1-37(2,54)24-18-26-22(17-27(24)43-34(51)25-7-5-10-31(42-25)38(39,40)41)20-48(45-26)23-13-11-21(12-14-23)19-46(3)28-8-6-9-29-33(28)47(4)36(53)49(29)30-15-16-32(50)44-35(30)52/h5-10,17-18,20-21,23,30,54H,11-16,19H2,1-4H3,(H,43,51)(H,44,50,52)/t21-,23-,30?. The number of aliphatic hydroxyl groups is 1. The summed E-state index contributed by atoms with van der Waals surface area (Å²) in [6, 6.07) is 11.5. The summed E-state index contributed by atoms with van der Waals surface area (Å²) in [5.74, 6) is -1.30. The number of imidazole rings is 1. The van der Waals surface area contributed by atoms with Gasteiger partial charge < -0.3 is 15.3 Å². The summed E-state index contributed by atoms with van der Waals surface area (Å²) in [4.78, 5) is 56.5. The van der Waals surface area contributed by atoms with E-state index in [1.807, 2.05) is 36.1 Å². The van der Waals surface area contributed by atoms with Gasteiger partial charge in [-0.2, -0.15) is 18.3 Å². The van der Waals surface area contributed by atoms with Crippen molar-refractivity contribution < 1.29 is 32.7 Å². The molecule has 0 bridgehead atoms. The molecule has 16 heteroatoms. The molecule has 0 spiro atoms. The van der Waals surface area contributed by atoms with E-state index >= 15 is 0 Å². The summed E-state index contributed by atoms with van der Waals surface area (Å²) in [5, 5.41) is 21.5. The molecule has 1 unspecified atom stereocenters. The Morgan fingerprint density at radius 2 is 1.76 bits per heavy atom. The fourth-order valence-electron chi connectivity index (χ4n) is 7.83. The highest BCUT2D eigenvalue weighted by Crippen LogP contribution is 2.37. The van der Waals surface area contributed by atoms with Crippen LogP contribution in [0.4, 0.5) is 24.5 Å². The average Bonchev–Trinajstić information content (AvgIpc) is 3.65. The summed E-state index contributed by atoms with van der Waals surface area (Å²) < 4.78 is 44.7. The normalized spacial score (nSPS) is 19.7. The van der Waals surface area contributed by atoms with Crippen LogP contribution in [-0.4, -0.2) is 60.3 Å². The fourth-order valence-corrected chi connectivity index (χ4v) is 7.83. The molecule has 1 atom stereocenters. The summed E-state index contributed by atoms with van der Waals surface area (Å²) in [7, 11) is 3.69. The highest BCUT2D eigenvalue weighted by Gasteiger charge is 2.34. The van der Waals surface area contributed by atoms with Crippen molar-refractivity contribution in [2.24, 2.45) is 13.0 Å². The zero-order valence-electron chi connectivity index (χ0n) is 30.3. The summed E-state index contributed by atoms with van der Waals surface area (Å²) in [5.41, 5.74) is 0.119. The number of aromatic nitrogens is 5. The fraction of sp³-hybridized carbons (Fsp3) is 0.421. The lowest BCUT2D eigenvalue weighted by Crippen LogP contribution is -2.44. The van der Waals surface area contributed by atoms with Gasteiger partial charge >= 0.3 is 11.9 Å². The van der Waals surface area contributed by atoms with Crippen LogP contribution in [0.25, 0.3) is 21.9 Å². The molecule has 5 aromatic rings. The zero-order valence-corrected chi connectivity index (χ0v) is 30.3. The molecule has 7 rings (SSSR count). The molecule has 3 N–H and O–H groups in total. The molecule has 1 saturated heterocycles. The van der Waals surface area contributed by atoms with Crippen molar-refractivity contribution >= 4 is 51.0 Å². The molecule has 1 aliphatic heterocycles. The maximum Gasteiger partial charge on any atom is 0.433 e. The number of nitrogens with one attached hydrogen (secondary N) is 2. The maximum atomic E-state index is 13.4. The van der Waals surface area contributed by atoms with E-state index in [2.05, 4.69) is 20.5 Å². The predicted molar refractivity (Wildman–Crippen MR) is 195 cm³/mol. The third-order valence-electron chi connectivity index (χ3n) is 10.6. The van der Waals surface area contributed by atoms with E-state index in [0.717, 1.165) is 55.6 Å². The molecule has 0 radical (unpaired) electrons. The van der Waals surface area contributed by atoms with Gasteiger partial charge in [-0.05, 0) is 88.3 Å². The van der Waals surface area contributed by atoms with Crippen molar-refractivity contribution in [3.8, 4) is 0 Å². The van der Waals surface area contributed by atoms with Crippen molar-refractivity contribution in [1.82, 2.24) is 29.2 Å². The lowest BCUT2D eigenvalue weighted by Gasteiger charge is -2.32. The van der Waals surface area contributed by atoms with E-state index in [-0.39, 0.29) is 36.2 Å². The number of imide groups is 1. The molecule has 3 aromatic heterocycles. The first-order valence-electron chi connectivity index (χ1n) is 17.9. The van der Waals surface area contributed by atoms with E-state index in [1.54, 1.807) is 37.6 Å². The van der Waals surface area contributed by atoms with Crippen LogP contribution in [0.15, 0.2) is 59.5 Å². The smallest absolute Gasteiger partial charge is 0.386 e. The molecular weight excluding hydrogens is 705 g/mol. The third kappa shape index (κ3) is 6.97. The number of anilines is 2. The second kappa shape index (κ2) is 13.7. The van der Waals surface area contributed by atoms with Gasteiger partial charge in [0, 0.05) is 49.9 Å². The summed E-state index contributed by atoms with van der Waals surface area (Å²) in [6.07, 6.45) is 1.14. The van der Waals surface area contributed by atoms with E-state index in [4.69, 9.17) is 5.10 Å². The molecule has 3 amide bonds. The van der Waals surface area contributed by atoms with Crippen LogP contribution in [-0.2, 0) is 28.4 Å². The van der Waals surface area contributed by atoms with E-state index in [0.29, 0.717) is 27.9 Å². The number of hydrogen-bond acceptors (Lipinski definition) is 8. The molecule has 2 fully saturated rings. The minimum Gasteiger partial charge on any atom is -0.386 e. The van der Waals surface area contributed by atoms with Crippen molar-refractivity contribution in [2.75, 3.05) is 23.8 Å². The van der Waals surface area contributed by atoms with Crippen LogP contribution in [0, 0.1) is 5.92 Å². The van der Waals surface area contributed by atoms with Gasteiger partial charge in [0.1, 0.15) is 17.4 Å². The molecule has 1 saturated carbocycles. The first-order chi connectivity index (χ1) is 25.5. The van der Waals surface area contributed by atoms with Crippen LogP contribution >= 0.6 is 0 Å². The van der Waals surface area contributed by atoms with Gasteiger partial charge in [-0.1, -0.05) is 12.1 Å². The van der Waals surface area contributed by atoms with Gasteiger partial charge in [-0.3, -0.25) is 33.5 Å². The zero-order chi connectivity index (χ0) is 38.7. The number of carbonyl (C=O) groups excluding carboxylic acids is 3. The van der Waals surface area contributed by atoms with Crippen LogP contribution in [0.5, 0.6) is 0 Å². The van der Waals surface area contributed by atoms with Crippen molar-refractivity contribution in [3.05, 3.63) is 82.2 Å². The number of piperidine rings is 1. The highest BCUT2D eigenvalue weighted by molar-refractivity contribution is 6.04. The molecule has 54 heavy (non-hydrogen) atoms. The molecule has 2 aromatic carbocycles. The van der Waals surface area contributed by atoms with Gasteiger partial charge in [0.05, 0.1) is 33.9 Å². The second-order valence-electron chi connectivity index (χ2n) is 14.9. The van der Waals surface area contributed by atoms with Crippen LogP contribution in [0.1, 0.15) is 86.2 Å². The topological polar surface area (TPSA) is 156 Å². The number of benzene rings is 2. The molecule has 1 aliphatic carbocycles. The number of carbonyl (C=O) groups is 3. The van der Waals surface area contributed by atoms with Gasteiger partial charge in [0.15, 0.2) is 0 Å². The minimum absolute atomic E-state index is 0.101. The number of amides is 3. The van der Waals surface area contributed by atoms with E-state index in [1.165, 1.54) is 10.6 Å². The number of rotatable bonds is 8. The first kappa shape index (κ1) is 36.8. The predicted octanol–water partition coefficient (Wildman–Crippen LogP) is 5.43. The Labute approximate surface area is 307 Å². The number of para-hydroxylation sites is 1. The van der Waals surface area contributed by atoms with Crippen molar-refractivity contribution in [2.45, 2.75) is 76.2 Å². The van der Waals surface area contributed by atoms with Gasteiger partial charge in [-0.15, -0.1) is 0 Å². The number of aryl methyl sites for hydroxylation is 1. The Morgan fingerprint density at radius 3 is 2.44 bits per heavy atom. The third-order valence-corrected chi connectivity index (χ3v) is 10.6. The number of halogens is 3. The first-order valence-corrected chi connectivity index (χ1v) is 17.9. The Hall–Kier alpha value is -5.51. The van der Waals surface area contributed by atoms with Gasteiger partial charge in [0.2, 0.25) is 11.8 Å². The van der Waals surface area contributed by atoms with Crippen LogP contribution in [0.2, 0.25) is 0 Å². The Morgan fingerprint density at radius 1 is 1.04 bits per heavy atom. The van der Waals surface area contributed by atoms with Crippen LogP contribution < -0.4 is 21.2 Å². The lowest BCUT2D eigenvalue weighted by molar-refractivity contribution is -0.141. The SMILES string of the molecule is CN(C[C@H]1CC[C@H](n2cc3cc(NC(=O)c4cccc(C(F)(F)F)n4)c(C(C)(C)O)cc3n2)CC1)c1cccc2c1n(C)c(=O)n2C1CCC(=O)NC1=O. The van der Waals surface area contributed by atoms with Gasteiger partial charge in [0.25, 0.3) is 5.91 Å². The molecule has 4 heterocycles. The van der Waals surface area contributed by atoms with Crippen molar-refractivity contribution in [1.29, 1.82) is 0 Å². The number of alkyl halides is 3. The van der Waals surface area contributed by atoms with E-state index < -0.39 is 41.0 Å². The molecular formula is C38H41F3N8O5. The minimum atomic E-state index is -4.71. The average molecular weight is 747 g/mol. The van der Waals surface area contributed by atoms with Crippen molar-refractivity contribution in [3.63, 3.8) is 0 Å². The lowest BCUT2D eigenvalue weighted by atomic mass is 9.85. The monoisotopic (exact) mass is 746 g/mol. The quantitative estimate of drug-likeness (QED) is 0.178. The Kier molecular flexibility index (Phi) is 9.36. The number of hydrogen-bond donors (Lipinski definition) is 3. The summed E-state index contributed by atoms with van der Waals surface area (Å²) >= 11 is 0. The van der Waals surface area contributed by atoms with E-state index in [9.17, 15) is 37.5 Å². The highest BCUT2D eigenvalue weighted by atomic mass is 19.4. The Balaban J connectivity index is 1.06. The van der Waals surface area contributed by atoms with Gasteiger partial charge in [-0.25, -0.2) is 9.78 Å². The summed E-state index contributed by atoms with van der Waals surface area (Å²) in [6.45, 7) is 3.84. The number of pyridine rings is 1. The molecule has 284 valence electrons. The molecule has 13 nitrogen and oxygen atoms in total. The largest absolute Gasteiger partial charge is 0.433 e. The number of nitrogens with zero attached hydrogens (tertiary/aromatic N) is 6.